The van der Waals surface area contributed by atoms with Crippen molar-refractivity contribution in [2.24, 2.45) is 0 Å². The molecule has 0 aliphatic rings. The summed E-state index contributed by atoms with van der Waals surface area (Å²) < 4.78 is 11.5. The van der Waals surface area contributed by atoms with Gasteiger partial charge in [-0.3, -0.25) is 4.98 Å². The Bertz CT molecular complexity index is 537. The quantitative estimate of drug-likeness (QED) is 0.504. The van der Waals surface area contributed by atoms with Gasteiger partial charge in [0.1, 0.15) is 17.4 Å². The molecule has 17 heavy (non-hydrogen) atoms. The van der Waals surface area contributed by atoms with E-state index in [1.165, 1.54) is 0 Å². The van der Waals surface area contributed by atoms with Crippen LogP contribution in [0.1, 0.15) is 5.76 Å². The van der Waals surface area contributed by atoms with Crippen LogP contribution in [0.4, 0.5) is 0 Å². The number of hydrogen-bond acceptors (Lipinski definition) is 4. The van der Waals surface area contributed by atoms with Gasteiger partial charge < -0.3 is 9.15 Å². The van der Waals surface area contributed by atoms with Crippen molar-refractivity contribution in [3.8, 4) is 5.75 Å². The van der Waals surface area contributed by atoms with E-state index in [9.17, 15) is 4.79 Å². The van der Waals surface area contributed by atoms with Crippen molar-refractivity contribution in [2.45, 2.75) is 5.75 Å². The predicted molar refractivity (Wildman–Crippen MR) is 75.3 cm³/mol. The number of aromatic amines is 1. The molecule has 0 bridgehead atoms. The minimum absolute atomic E-state index is 0.417. The number of benzene rings is 1. The summed E-state index contributed by atoms with van der Waals surface area (Å²) in [7, 11) is 0. The van der Waals surface area contributed by atoms with Gasteiger partial charge >= 0.3 is 5.76 Å². The Labute approximate surface area is 116 Å². The predicted octanol–water partition coefficient (Wildman–Crippen LogP) is 2.84. The zero-order valence-corrected chi connectivity index (χ0v) is 11.8. The number of halogens is 1. The molecular weight excluding hydrogens is 353 g/mol. The summed E-state index contributed by atoms with van der Waals surface area (Å²) in [6, 6.07) is 7.83. The third kappa shape index (κ3) is 3.81. The average molecular weight is 363 g/mol. The third-order valence-electron chi connectivity index (χ3n) is 1.95. The highest BCUT2D eigenvalue weighted by Gasteiger charge is 2.01. The van der Waals surface area contributed by atoms with Gasteiger partial charge in [0, 0.05) is 6.20 Å². The molecule has 0 aliphatic heterocycles. The van der Waals surface area contributed by atoms with Crippen LogP contribution in [-0.4, -0.2) is 10.9 Å². The normalized spacial score (nSPS) is 10.4. The Morgan fingerprint density at radius 3 is 2.94 bits per heavy atom. The topological polar surface area (TPSA) is 55.2 Å². The molecule has 1 aromatic heterocycles. The van der Waals surface area contributed by atoms with Gasteiger partial charge in [-0.05, 0) is 34.7 Å². The molecule has 0 amide bonds. The van der Waals surface area contributed by atoms with Crippen molar-refractivity contribution >= 4 is 34.4 Å². The van der Waals surface area contributed by atoms with Crippen LogP contribution in [0.3, 0.4) is 0 Å². The second-order valence-corrected chi connectivity index (χ2v) is 5.28. The van der Waals surface area contributed by atoms with E-state index in [2.05, 4.69) is 27.6 Å². The molecule has 0 fully saturated rings. The van der Waals surface area contributed by atoms with Crippen molar-refractivity contribution in [1.29, 1.82) is 0 Å². The van der Waals surface area contributed by atoms with Crippen LogP contribution in [0, 0.1) is 3.57 Å². The van der Waals surface area contributed by atoms with Crippen LogP contribution in [0.25, 0.3) is 0 Å². The first-order chi connectivity index (χ1) is 8.25. The number of thioether (sulfide) groups is 1. The molecule has 0 atom stereocenters. The highest BCUT2D eigenvalue weighted by molar-refractivity contribution is 14.1. The molecule has 90 valence electrons. The van der Waals surface area contributed by atoms with Crippen LogP contribution in [0.5, 0.6) is 5.75 Å². The van der Waals surface area contributed by atoms with Crippen molar-refractivity contribution < 1.29 is 9.15 Å². The molecule has 0 spiro atoms. The van der Waals surface area contributed by atoms with Crippen LogP contribution < -0.4 is 10.5 Å². The molecule has 2 aromatic rings. The van der Waals surface area contributed by atoms with E-state index in [0.29, 0.717) is 17.5 Å². The second kappa shape index (κ2) is 6.15. The molecule has 1 heterocycles. The van der Waals surface area contributed by atoms with Gasteiger partial charge in [-0.1, -0.05) is 12.1 Å². The summed E-state index contributed by atoms with van der Waals surface area (Å²) in [5.41, 5.74) is 0. The van der Waals surface area contributed by atoms with Gasteiger partial charge in [-0.15, -0.1) is 11.8 Å². The molecule has 0 saturated carbocycles. The van der Waals surface area contributed by atoms with Gasteiger partial charge in [0.25, 0.3) is 0 Å². The Hall–Kier alpha value is -0.890. The van der Waals surface area contributed by atoms with E-state index in [0.717, 1.165) is 9.32 Å². The van der Waals surface area contributed by atoms with Gasteiger partial charge in [0.05, 0.1) is 9.32 Å². The zero-order valence-electron chi connectivity index (χ0n) is 8.81. The van der Waals surface area contributed by atoms with E-state index in [4.69, 9.17) is 9.15 Å². The number of H-pyrrole nitrogens is 1. The van der Waals surface area contributed by atoms with Gasteiger partial charge in [-0.25, -0.2) is 4.79 Å². The summed E-state index contributed by atoms with van der Waals surface area (Å²) in [6.07, 6.45) is 1.57. The number of para-hydroxylation sites is 1. The van der Waals surface area contributed by atoms with E-state index >= 15 is 0 Å². The first-order valence-corrected chi connectivity index (χ1v) is 7.11. The smallest absolute Gasteiger partial charge is 0.416 e. The summed E-state index contributed by atoms with van der Waals surface area (Å²) in [5.74, 6) is 2.22. The Morgan fingerprint density at radius 2 is 2.24 bits per heavy atom. The monoisotopic (exact) mass is 363 g/mol. The van der Waals surface area contributed by atoms with E-state index in [1.807, 2.05) is 24.3 Å². The number of aromatic nitrogens is 1. The SMILES string of the molecule is O=c1[nH]cc(CSCOc2ccccc2I)o1. The first kappa shape index (κ1) is 12.6. The molecule has 0 radical (unpaired) electrons. The number of rotatable bonds is 5. The van der Waals surface area contributed by atoms with E-state index < -0.39 is 5.76 Å². The van der Waals surface area contributed by atoms with Gasteiger partial charge in [0.15, 0.2) is 0 Å². The van der Waals surface area contributed by atoms with E-state index in [-0.39, 0.29) is 0 Å². The number of oxazole rings is 1. The summed E-state index contributed by atoms with van der Waals surface area (Å²) >= 11 is 3.77. The molecule has 1 N–H and O–H groups in total. The standard InChI is InChI=1S/C11H10INO3S/c12-9-3-1-2-4-10(9)15-7-17-6-8-5-13-11(14)16-8/h1-5H,6-7H2,(H,13,14). The van der Waals surface area contributed by atoms with Gasteiger partial charge in [-0.2, -0.15) is 0 Å². The fourth-order valence-electron chi connectivity index (χ4n) is 1.20. The van der Waals surface area contributed by atoms with Crippen molar-refractivity contribution in [3.05, 3.63) is 50.3 Å². The molecule has 1 aromatic carbocycles. The number of ether oxygens (including phenoxy) is 1. The maximum absolute atomic E-state index is 10.7. The minimum atomic E-state index is -0.417. The minimum Gasteiger partial charge on any atom is -0.482 e. The Kier molecular flexibility index (Phi) is 4.55. The van der Waals surface area contributed by atoms with Crippen LogP contribution in [0.15, 0.2) is 39.7 Å². The molecule has 2 rings (SSSR count). The fourth-order valence-corrected chi connectivity index (χ4v) is 2.38. The van der Waals surface area contributed by atoms with Crippen molar-refractivity contribution in [2.75, 3.05) is 5.94 Å². The molecule has 6 heteroatoms. The second-order valence-electron chi connectivity index (χ2n) is 3.19. The Morgan fingerprint density at radius 1 is 1.41 bits per heavy atom. The number of nitrogens with one attached hydrogen (secondary N) is 1. The largest absolute Gasteiger partial charge is 0.482 e. The van der Waals surface area contributed by atoms with Crippen LogP contribution >= 0.6 is 34.4 Å². The maximum atomic E-state index is 10.7. The van der Waals surface area contributed by atoms with Crippen molar-refractivity contribution in [1.82, 2.24) is 4.98 Å². The molecule has 4 nitrogen and oxygen atoms in total. The maximum Gasteiger partial charge on any atom is 0.416 e. The third-order valence-corrected chi connectivity index (χ3v) is 3.62. The lowest BCUT2D eigenvalue weighted by atomic mass is 10.3. The summed E-state index contributed by atoms with van der Waals surface area (Å²) in [4.78, 5) is 13.2. The van der Waals surface area contributed by atoms with E-state index in [1.54, 1.807) is 18.0 Å². The summed E-state index contributed by atoms with van der Waals surface area (Å²) in [5, 5.41) is 0. The van der Waals surface area contributed by atoms with Gasteiger partial charge in [0.2, 0.25) is 0 Å². The zero-order chi connectivity index (χ0) is 12.1. The fraction of sp³-hybridized carbons (Fsp3) is 0.182. The Balaban J connectivity index is 1.77. The summed E-state index contributed by atoms with van der Waals surface area (Å²) in [6.45, 7) is 0. The van der Waals surface area contributed by atoms with Crippen molar-refractivity contribution in [3.63, 3.8) is 0 Å². The molecular formula is C11H10INO3S. The highest BCUT2D eigenvalue weighted by atomic mass is 127. The average Bonchev–Trinajstić information content (AvgIpc) is 2.73. The lowest BCUT2D eigenvalue weighted by molar-refractivity contribution is 0.389. The first-order valence-electron chi connectivity index (χ1n) is 4.88. The highest BCUT2D eigenvalue weighted by Crippen LogP contribution is 2.21. The van der Waals surface area contributed by atoms with Crippen LogP contribution in [0.2, 0.25) is 0 Å². The lowest BCUT2D eigenvalue weighted by Crippen LogP contribution is -1.95. The molecule has 0 aliphatic carbocycles. The van der Waals surface area contributed by atoms with Crippen LogP contribution in [-0.2, 0) is 5.75 Å². The molecule has 0 saturated heterocycles. The number of hydrogen-bond donors (Lipinski definition) is 1. The lowest BCUT2D eigenvalue weighted by Gasteiger charge is -2.06. The molecule has 0 unspecified atom stereocenters.